The standard InChI is InChI=1S/C31H32N3S/c1-3-4-19-32(2)29-21-24(22-30-33-20-11-13-23-12-10-18-28(35-30)31(23)33)26-16-8-9-17-27(26)34(29)25-14-6-5-7-15-25/h5-10,12,14-18,21-22H,3-4,11,13,19-20H2,1-2H3/q+1. The number of hydrogen-bond donors (Lipinski definition) is 0. The maximum Gasteiger partial charge on any atom is 0.282 e. The molecule has 1 aromatic heterocycles. The number of nitrogens with zero attached hydrogens (tertiary/aromatic N) is 3. The highest BCUT2D eigenvalue weighted by Gasteiger charge is 2.30. The molecule has 0 aliphatic carbocycles. The van der Waals surface area contributed by atoms with Crippen LogP contribution >= 0.6 is 11.8 Å². The van der Waals surface area contributed by atoms with Crippen molar-refractivity contribution in [2.24, 2.45) is 0 Å². The third-order valence-electron chi connectivity index (χ3n) is 7.16. The summed E-state index contributed by atoms with van der Waals surface area (Å²) >= 11 is 1.92. The summed E-state index contributed by atoms with van der Waals surface area (Å²) in [5.74, 6) is 1.23. The topological polar surface area (TPSA) is 10.4 Å². The van der Waals surface area contributed by atoms with E-state index in [4.69, 9.17) is 0 Å². The Morgan fingerprint density at radius 1 is 1.00 bits per heavy atom. The average Bonchev–Trinajstić information content (AvgIpc) is 3.26. The molecule has 0 saturated heterocycles. The van der Waals surface area contributed by atoms with Crippen LogP contribution in [0.2, 0.25) is 0 Å². The van der Waals surface area contributed by atoms with Gasteiger partial charge in [0.25, 0.3) is 5.82 Å². The molecule has 0 fully saturated rings. The van der Waals surface area contributed by atoms with Crippen molar-refractivity contribution >= 4 is 40.2 Å². The SMILES string of the molecule is CCCCN(C)c1cc(C=C2Sc3cccc4c3N2CCC4)c2ccccc2[n+]1-c1ccccc1. The van der Waals surface area contributed by atoms with E-state index >= 15 is 0 Å². The molecular formula is C31H32N3S+. The molecule has 176 valence electrons. The minimum atomic E-state index is 1.04. The lowest BCUT2D eigenvalue weighted by molar-refractivity contribution is -0.553. The summed E-state index contributed by atoms with van der Waals surface area (Å²) in [6.45, 7) is 4.39. The molecule has 4 aromatic rings. The van der Waals surface area contributed by atoms with Gasteiger partial charge in [-0.2, -0.15) is 4.57 Å². The van der Waals surface area contributed by atoms with E-state index in [-0.39, 0.29) is 0 Å². The quantitative estimate of drug-likeness (QED) is 0.271. The number of para-hydroxylation sites is 3. The second kappa shape index (κ2) is 9.43. The number of aromatic nitrogens is 1. The summed E-state index contributed by atoms with van der Waals surface area (Å²) in [7, 11) is 2.23. The Hall–Kier alpha value is -3.24. The Balaban J connectivity index is 1.54. The van der Waals surface area contributed by atoms with Crippen LogP contribution in [0.25, 0.3) is 22.7 Å². The average molecular weight is 479 g/mol. The first-order valence-corrected chi connectivity index (χ1v) is 13.6. The normalized spacial score (nSPS) is 15.6. The van der Waals surface area contributed by atoms with Gasteiger partial charge in [-0.25, -0.2) is 0 Å². The second-order valence-corrected chi connectivity index (χ2v) is 10.6. The summed E-state index contributed by atoms with van der Waals surface area (Å²) in [5.41, 5.74) is 6.66. The summed E-state index contributed by atoms with van der Waals surface area (Å²) in [6.07, 6.45) is 7.19. The van der Waals surface area contributed by atoms with Crippen molar-refractivity contribution in [3.8, 4) is 5.69 Å². The number of rotatable bonds is 6. The van der Waals surface area contributed by atoms with Gasteiger partial charge < -0.3 is 4.90 Å². The monoisotopic (exact) mass is 478 g/mol. The number of benzene rings is 3. The van der Waals surface area contributed by atoms with Gasteiger partial charge in [0.05, 0.1) is 24.3 Å². The molecule has 4 heteroatoms. The molecule has 0 unspecified atom stereocenters. The van der Waals surface area contributed by atoms with E-state index in [0.717, 1.165) is 13.1 Å². The first-order chi connectivity index (χ1) is 17.2. The Labute approximate surface area is 212 Å². The Morgan fingerprint density at radius 2 is 1.83 bits per heavy atom. The van der Waals surface area contributed by atoms with E-state index in [1.807, 2.05) is 11.8 Å². The van der Waals surface area contributed by atoms with Gasteiger partial charge in [0, 0.05) is 22.9 Å². The molecule has 0 atom stereocenters. The van der Waals surface area contributed by atoms with Crippen LogP contribution in [0.3, 0.4) is 0 Å². The molecule has 0 amide bonds. The first-order valence-electron chi connectivity index (χ1n) is 12.8. The minimum Gasteiger partial charge on any atom is -0.335 e. The number of thioether (sulfide) groups is 1. The van der Waals surface area contributed by atoms with Crippen molar-refractivity contribution < 1.29 is 4.57 Å². The first kappa shape index (κ1) is 22.2. The van der Waals surface area contributed by atoms with Gasteiger partial charge in [0.1, 0.15) is 11.2 Å². The summed E-state index contributed by atoms with van der Waals surface area (Å²) < 4.78 is 2.42. The van der Waals surface area contributed by atoms with Crippen LogP contribution in [0.15, 0.2) is 88.8 Å². The molecule has 0 N–H and O–H groups in total. The molecule has 2 aliphatic heterocycles. The third kappa shape index (κ3) is 4.00. The fourth-order valence-electron chi connectivity index (χ4n) is 5.40. The van der Waals surface area contributed by atoms with Crippen LogP contribution in [0.5, 0.6) is 0 Å². The summed E-state index contributed by atoms with van der Waals surface area (Å²) in [6, 6.07) is 28.8. The number of aryl methyl sites for hydroxylation is 1. The lowest BCUT2D eigenvalue weighted by Gasteiger charge is -2.27. The van der Waals surface area contributed by atoms with E-state index in [0.29, 0.717) is 0 Å². The lowest BCUT2D eigenvalue weighted by atomic mass is 10.0. The molecule has 3 aromatic carbocycles. The van der Waals surface area contributed by atoms with Crippen LogP contribution in [0, 0.1) is 0 Å². The van der Waals surface area contributed by atoms with E-state index in [2.05, 4.69) is 113 Å². The molecule has 2 aliphatic rings. The molecule has 0 bridgehead atoms. The van der Waals surface area contributed by atoms with Crippen LogP contribution < -0.4 is 14.4 Å². The summed E-state index contributed by atoms with van der Waals surface area (Å²) in [5, 5.41) is 2.63. The van der Waals surface area contributed by atoms with Gasteiger partial charge in [0.2, 0.25) is 0 Å². The zero-order valence-electron chi connectivity index (χ0n) is 20.6. The lowest BCUT2D eigenvalue weighted by Crippen LogP contribution is -2.40. The highest BCUT2D eigenvalue weighted by Crippen LogP contribution is 2.50. The third-order valence-corrected chi connectivity index (χ3v) is 8.26. The molecule has 6 rings (SSSR count). The summed E-state index contributed by atoms with van der Waals surface area (Å²) in [4.78, 5) is 6.36. The van der Waals surface area contributed by atoms with E-state index in [1.165, 1.54) is 74.8 Å². The maximum absolute atomic E-state index is 2.55. The van der Waals surface area contributed by atoms with Gasteiger partial charge in [-0.15, -0.1) is 0 Å². The molecular weight excluding hydrogens is 446 g/mol. The van der Waals surface area contributed by atoms with Crippen molar-refractivity contribution in [3.05, 3.63) is 95.0 Å². The maximum atomic E-state index is 2.55. The predicted molar refractivity (Wildman–Crippen MR) is 150 cm³/mol. The van der Waals surface area contributed by atoms with Gasteiger partial charge in [0.15, 0.2) is 0 Å². The fourth-order valence-corrected chi connectivity index (χ4v) is 6.59. The molecule has 35 heavy (non-hydrogen) atoms. The number of fused-ring (bicyclic) bond motifs is 1. The number of unbranched alkanes of at least 4 members (excludes halogenated alkanes) is 1. The van der Waals surface area contributed by atoms with Gasteiger partial charge in [-0.05, 0) is 60.7 Å². The second-order valence-electron chi connectivity index (χ2n) is 9.52. The number of pyridine rings is 1. The van der Waals surface area contributed by atoms with Crippen molar-refractivity contribution in [2.45, 2.75) is 37.5 Å². The van der Waals surface area contributed by atoms with Crippen molar-refractivity contribution in [1.29, 1.82) is 0 Å². The molecule has 3 heterocycles. The van der Waals surface area contributed by atoms with Crippen molar-refractivity contribution in [2.75, 3.05) is 29.9 Å². The van der Waals surface area contributed by atoms with Crippen LogP contribution in [-0.4, -0.2) is 20.1 Å². The van der Waals surface area contributed by atoms with E-state index in [1.54, 1.807) is 0 Å². The van der Waals surface area contributed by atoms with Crippen molar-refractivity contribution in [3.63, 3.8) is 0 Å². The number of hydrogen-bond acceptors (Lipinski definition) is 3. The zero-order valence-corrected chi connectivity index (χ0v) is 21.4. The van der Waals surface area contributed by atoms with Crippen LogP contribution in [0.1, 0.15) is 37.3 Å². The Kier molecular flexibility index (Phi) is 5.99. The van der Waals surface area contributed by atoms with Gasteiger partial charge >= 0.3 is 0 Å². The smallest absolute Gasteiger partial charge is 0.282 e. The van der Waals surface area contributed by atoms with Crippen LogP contribution in [0.4, 0.5) is 11.5 Å². The molecule has 3 nitrogen and oxygen atoms in total. The zero-order chi connectivity index (χ0) is 23.8. The minimum absolute atomic E-state index is 1.04. The number of anilines is 2. The molecule has 0 spiro atoms. The Morgan fingerprint density at radius 3 is 2.69 bits per heavy atom. The Bertz CT molecular complexity index is 1410. The molecule has 0 radical (unpaired) electrons. The van der Waals surface area contributed by atoms with Crippen LogP contribution in [-0.2, 0) is 6.42 Å². The highest BCUT2D eigenvalue weighted by molar-refractivity contribution is 8.03. The van der Waals surface area contributed by atoms with Gasteiger partial charge in [-0.3, -0.25) is 4.90 Å². The van der Waals surface area contributed by atoms with Gasteiger partial charge in [-0.1, -0.05) is 73.6 Å². The largest absolute Gasteiger partial charge is 0.335 e. The molecule has 0 saturated carbocycles. The van der Waals surface area contributed by atoms with E-state index in [9.17, 15) is 0 Å². The van der Waals surface area contributed by atoms with E-state index < -0.39 is 0 Å². The highest BCUT2D eigenvalue weighted by atomic mass is 32.2. The predicted octanol–water partition coefficient (Wildman–Crippen LogP) is 7.21. The fraction of sp³-hybridized carbons (Fsp3) is 0.258. The van der Waals surface area contributed by atoms with Crippen molar-refractivity contribution in [1.82, 2.24) is 0 Å².